The van der Waals surface area contributed by atoms with Crippen LogP contribution in [-0.2, 0) is 19.1 Å². The normalized spacial score (nSPS) is 54.2. The molecule has 6 rings (SSSR count). The second kappa shape index (κ2) is 5.58. The van der Waals surface area contributed by atoms with Crippen molar-refractivity contribution in [3.05, 3.63) is 0 Å². The van der Waals surface area contributed by atoms with Gasteiger partial charge in [-0.15, -0.1) is 0 Å². The summed E-state index contributed by atoms with van der Waals surface area (Å²) in [4.78, 5) is 26.1. The third-order valence-corrected chi connectivity index (χ3v) is 10.1. The van der Waals surface area contributed by atoms with Crippen molar-refractivity contribution >= 4 is 11.8 Å². The number of carbonyl (C=O) groups is 2. The number of ketones is 1. The summed E-state index contributed by atoms with van der Waals surface area (Å²) in [6.45, 7) is 6.65. The van der Waals surface area contributed by atoms with E-state index in [4.69, 9.17) is 9.47 Å². The van der Waals surface area contributed by atoms with E-state index in [1.54, 1.807) is 0 Å². The molecule has 4 nitrogen and oxygen atoms in total. The van der Waals surface area contributed by atoms with Crippen molar-refractivity contribution in [1.82, 2.24) is 0 Å². The van der Waals surface area contributed by atoms with E-state index >= 15 is 0 Å². The molecule has 4 bridgehead atoms. The van der Waals surface area contributed by atoms with Gasteiger partial charge in [0.05, 0.1) is 19.1 Å². The number of esters is 1. The smallest absolute Gasteiger partial charge is 0.308 e. The van der Waals surface area contributed by atoms with Crippen LogP contribution in [0.2, 0.25) is 0 Å². The Balaban J connectivity index is 1.55. The van der Waals surface area contributed by atoms with Gasteiger partial charge in [-0.05, 0) is 74.0 Å². The first-order chi connectivity index (χ1) is 12.8. The average Bonchev–Trinajstić information content (AvgIpc) is 2.96. The standard InChI is InChI=1S/C23H34O4/c1-13(20(25)26-4)16-7-8-17-18-6-5-14-11-15-9-10-22(14,3)23(18,27-15)19(24)12-21(16,17)2/h13-18H,5-12H2,1-4H3/t13-,14+,15-,16+,17+,18-,21-,22+,23+/m1/s1. The molecular formula is C23H34O4. The van der Waals surface area contributed by atoms with Gasteiger partial charge in [-0.1, -0.05) is 20.8 Å². The summed E-state index contributed by atoms with van der Waals surface area (Å²) in [5, 5.41) is 0. The van der Waals surface area contributed by atoms with Gasteiger partial charge >= 0.3 is 5.97 Å². The Morgan fingerprint density at radius 1 is 1.15 bits per heavy atom. The Labute approximate surface area is 162 Å². The summed E-state index contributed by atoms with van der Waals surface area (Å²) in [6.07, 6.45) is 8.82. The van der Waals surface area contributed by atoms with Crippen LogP contribution in [0.4, 0.5) is 0 Å². The first-order valence-corrected chi connectivity index (χ1v) is 11.1. The number of rotatable bonds is 2. The molecule has 150 valence electrons. The maximum absolute atomic E-state index is 13.9. The van der Waals surface area contributed by atoms with Crippen LogP contribution in [0.3, 0.4) is 0 Å². The zero-order chi connectivity index (χ0) is 19.2. The van der Waals surface area contributed by atoms with E-state index in [2.05, 4.69) is 13.8 Å². The molecule has 6 aliphatic rings. The van der Waals surface area contributed by atoms with Crippen molar-refractivity contribution in [2.75, 3.05) is 7.11 Å². The highest BCUT2D eigenvalue weighted by Crippen LogP contribution is 2.72. The van der Waals surface area contributed by atoms with E-state index in [1.165, 1.54) is 13.5 Å². The van der Waals surface area contributed by atoms with Crippen LogP contribution in [-0.4, -0.2) is 30.6 Å². The van der Waals surface area contributed by atoms with E-state index in [-0.39, 0.29) is 28.6 Å². The first-order valence-electron chi connectivity index (χ1n) is 11.1. The van der Waals surface area contributed by atoms with Crippen molar-refractivity contribution in [3.8, 4) is 0 Å². The third kappa shape index (κ3) is 1.99. The maximum Gasteiger partial charge on any atom is 0.308 e. The number of carbonyl (C=O) groups excluding carboxylic acids is 2. The van der Waals surface area contributed by atoms with E-state index in [9.17, 15) is 9.59 Å². The van der Waals surface area contributed by atoms with Crippen LogP contribution >= 0.6 is 0 Å². The fraction of sp³-hybridized carbons (Fsp3) is 0.913. The number of Topliss-reactive ketones (excluding diaryl/α,β-unsaturated/α-hetero) is 1. The summed E-state index contributed by atoms with van der Waals surface area (Å²) in [7, 11) is 1.48. The maximum atomic E-state index is 13.9. The number of methoxy groups -OCH3 is 1. The fourth-order valence-corrected chi connectivity index (χ4v) is 8.83. The van der Waals surface area contributed by atoms with Crippen LogP contribution in [0.15, 0.2) is 0 Å². The Kier molecular flexibility index (Phi) is 3.75. The Morgan fingerprint density at radius 2 is 1.89 bits per heavy atom. The molecule has 0 amide bonds. The number of fused-ring (bicyclic) bond motifs is 3. The molecule has 4 heteroatoms. The molecule has 4 saturated carbocycles. The number of hydrogen-bond donors (Lipinski definition) is 0. The first kappa shape index (κ1) is 18.1. The molecule has 2 heterocycles. The topological polar surface area (TPSA) is 52.6 Å². The minimum Gasteiger partial charge on any atom is -0.469 e. The molecule has 27 heavy (non-hydrogen) atoms. The molecule has 2 aliphatic heterocycles. The van der Waals surface area contributed by atoms with E-state index < -0.39 is 5.60 Å². The fourth-order valence-electron chi connectivity index (χ4n) is 8.83. The van der Waals surface area contributed by atoms with Crippen LogP contribution in [0.25, 0.3) is 0 Å². The van der Waals surface area contributed by atoms with Gasteiger partial charge in [0, 0.05) is 11.8 Å². The zero-order valence-corrected chi connectivity index (χ0v) is 17.3. The van der Waals surface area contributed by atoms with Gasteiger partial charge in [0.2, 0.25) is 0 Å². The molecule has 1 spiro atoms. The van der Waals surface area contributed by atoms with Gasteiger partial charge in [-0.2, -0.15) is 0 Å². The van der Waals surface area contributed by atoms with Gasteiger partial charge in [0.15, 0.2) is 5.78 Å². The summed E-state index contributed by atoms with van der Waals surface area (Å²) >= 11 is 0. The predicted molar refractivity (Wildman–Crippen MR) is 101 cm³/mol. The monoisotopic (exact) mass is 374 g/mol. The molecule has 6 fully saturated rings. The molecule has 0 aromatic rings. The molecule has 0 N–H and O–H groups in total. The van der Waals surface area contributed by atoms with Crippen molar-refractivity contribution in [2.45, 2.75) is 83.8 Å². The lowest BCUT2D eigenvalue weighted by molar-refractivity contribution is -0.307. The van der Waals surface area contributed by atoms with Crippen LogP contribution in [0, 0.1) is 40.4 Å². The summed E-state index contributed by atoms with van der Waals surface area (Å²) < 4.78 is 11.8. The highest BCUT2D eigenvalue weighted by molar-refractivity contribution is 5.91. The Morgan fingerprint density at radius 3 is 2.63 bits per heavy atom. The summed E-state index contributed by atoms with van der Waals surface area (Å²) in [6, 6.07) is 0. The van der Waals surface area contributed by atoms with Crippen molar-refractivity contribution in [2.24, 2.45) is 40.4 Å². The van der Waals surface area contributed by atoms with Gasteiger partial charge in [0.25, 0.3) is 0 Å². The Bertz CT molecular complexity index is 688. The average molecular weight is 375 g/mol. The molecule has 0 aromatic carbocycles. The predicted octanol–water partition coefficient (Wildman–Crippen LogP) is 4.15. The van der Waals surface area contributed by atoms with E-state index in [0.29, 0.717) is 36.1 Å². The molecular weight excluding hydrogens is 340 g/mol. The minimum absolute atomic E-state index is 0.0229. The van der Waals surface area contributed by atoms with Gasteiger partial charge in [-0.3, -0.25) is 9.59 Å². The summed E-state index contributed by atoms with van der Waals surface area (Å²) in [5.41, 5.74) is -0.608. The SMILES string of the molecule is COC(=O)[C@H](C)[C@@H]1CC[C@H]2[C@H]3CC[C@H]4C[C@H]5CC[C@]4(C)[C@@]3(O5)C(=O)C[C@@]21C. The minimum atomic E-state index is -0.537. The number of hydrogen-bond acceptors (Lipinski definition) is 4. The van der Waals surface area contributed by atoms with Gasteiger partial charge in [-0.25, -0.2) is 0 Å². The Hall–Kier alpha value is -0.900. The molecule has 0 unspecified atom stereocenters. The summed E-state index contributed by atoms with van der Waals surface area (Å²) in [5.74, 6) is 1.81. The second-order valence-corrected chi connectivity index (χ2v) is 10.8. The molecule has 0 radical (unpaired) electrons. The van der Waals surface area contributed by atoms with Crippen LogP contribution in [0.1, 0.15) is 72.1 Å². The van der Waals surface area contributed by atoms with Crippen molar-refractivity contribution < 1.29 is 19.1 Å². The second-order valence-electron chi connectivity index (χ2n) is 10.8. The lowest BCUT2D eigenvalue weighted by atomic mass is 9.40. The zero-order valence-electron chi connectivity index (χ0n) is 17.3. The van der Waals surface area contributed by atoms with E-state index in [1.807, 2.05) is 6.92 Å². The largest absolute Gasteiger partial charge is 0.469 e. The van der Waals surface area contributed by atoms with Crippen molar-refractivity contribution in [1.29, 1.82) is 0 Å². The van der Waals surface area contributed by atoms with Crippen LogP contribution < -0.4 is 0 Å². The third-order valence-electron chi connectivity index (χ3n) is 10.1. The molecule has 4 aliphatic carbocycles. The number of ether oxygens (including phenoxy) is 2. The van der Waals surface area contributed by atoms with Crippen LogP contribution in [0.5, 0.6) is 0 Å². The van der Waals surface area contributed by atoms with Gasteiger partial charge in [0.1, 0.15) is 5.60 Å². The lowest BCUT2D eigenvalue weighted by Gasteiger charge is -2.70. The van der Waals surface area contributed by atoms with Gasteiger partial charge < -0.3 is 9.47 Å². The molecule has 0 aromatic heterocycles. The highest BCUT2D eigenvalue weighted by atomic mass is 16.5. The highest BCUT2D eigenvalue weighted by Gasteiger charge is 2.74. The van der Waals surface area contributed by atoms with E-state index in [0.717, 1.165) is 38.5 Å². The molecule has 9 atom stereocenters. The molecule has 2 saturated heterocycles. The quantitative estimate of drug-likeness (QED) is 0.681. The van der Waals surface area contributed by atoms with Crippen molar-refractivity contribution in [3.63, 3.8) is 0 Å². The lowest BCUT2D eigenvalue weighted by Crippen LogP contribution is -2.75.